The van der Waals surface area contributed by atoms with E-state index in [4.69, 9.17) is 0 Å². The third-order valence-corrected chi connectivity index (χ3v) is 2.95. The summed E-state index contributed by atoms with van der Waals surface area (Å²) in [7, 11) is 1.25. The standard InChI is InChI=1S/C14H23BrN2O4/c1-8(2)6-11(16-10(4)18)13(19)17-12(7-9(3)15)14(20)21-5/h8,11-12H,3,6-7H2,1-2,4-5H3,(H,16,18)(H,17,19)/t11-,12-/m0/s1. The van der Waals surface area contributed by atoms with Gasteiger partial charge in [0.2, 0.25) is 11.8 Å². The summed E-state index contributed by atoms with van der Waals surface area (Å²) >= 11 is 3.16. The summed E-state index contributed by atoms with van der Waals surface area (Å²) in [6, 6.07) is -1.52. The van der Waals surface area contributed by atoms with Crippen LogP contribution in [-0.2, 0) is 19.1 Å². The highest BCUT2D eigenvalue weighted by atomic mass is 79.9. The first-order valence-corrected chi connectivity index (χ1v) is 7.45. The van der Waals surface area contributed by atoms with Crippen LogP contribution in [0.25, 0.3) is 0 Å². The van der Waals surface area contributed by atoms with Crippen LogP contribution < -0.4 is 10.6 Å². The van der Waals surface area contributed by atoms with Gasteiger partial charge in [0.15, 0.2) is 0 Å². The van der Waals surface area contributed by atoms with Gasteiger partial charge in [-0.1, -0.05) is 36.4 Å². The van der Waals surface area contributed by atoms with Gasteiger partial charge in [-0.05, 0) is 16.8 Å². The third kappa shape index (κ3) is 8.49. The maximum atomic E-state index is 12.2. The van der Waals surface area contributed by atoms with Crippen LogP contribution in [0.3, 0.4) is 0 Å². The first kappa shape index (κ1) is 19.6. The lowest BCUT2D eigenvalue weighted by Gasteiger charge is -2.22. The molecule has 2 atom stereocenters. The summed E-state index contributed by atoms with van der Waals surface area (Å²) in [5.41, 5.74) is 0. The number of carbonyl (C=O) groups is 3. The zero-order chi connectivity index (χ0) is 16.6. The quantitative estimate of drug-likeness (QED) is 0.640. The van der Waals surface area contributed by atoms with E-state index < -0.39 is 24.0 Å². The normalized spacial score (nSPS) is 13.2. The molecule has 0 saturated carbocycles. The number of methoxy groups -OCH3 is 1. The van der Waals surface area contributed by atoms with Gasteiger partial charge in [0.25, 0.3) is 0 Å². The summed E-state index contributed by atoms with van der Waals surface area (Å²) < 4.78 is 5.22. The van der Waals surface area contributed by atoms with E-state index >= 15 is 0 Å². The number of nitrogens with one attached hydrogen (secondary N) is 2. The summed E-state index contributed by atoms with van der Waals surface area (Å²) in [4.78, 5) is 35.1. The van der Waals surface area contributed by atoms with Crippen LogP contribution in [-0.4, -0.2) is 37.0 Å². The fourth-order valence-corrected chi connectivity index (χ4v) is 2.10. The molecule has 0 unspecified atom stereocenters. The molecule has 0 saturated heterocycles. The summed E-state index contributed by atoms with van der Waals surface area (Å²) in [5.74, 6) is -1.05. The van der Waals surface area contributed by atoms with Gasteiger partial charge in [0.05, 0.1) is 7.11 Å². The summed E-state index contributed by atoms with van der Waals surface area (Å²) in [6.07, 6.45) is 0.696. The molecule has 0 aliphatic carbocycles. The lowest BCUT2D eigenvalue weighted by atomic mass is 10.0. The lowest BCUT2D eigenvalue weighted by molar-refractivity contribution is -0.145. The second-order valence-electron chi connectivity index (χ2n) is 5.19. The minimum absolute atomic E-state index is 0.215. The molecule has 0 spiro atoms. The Bertz CT molecular complexity index is 410. The number of hydrogen-bond donors (Lipinski definition) is 2. The monoisotopic (exact) mass is 362 g/mol. The van der Waals surface area contributed by atoms with Crippen molar-refractivity contribution in [3.05, 3.63) is 11.1 Å². The minimum Gasteiger partial charge on any atom is -0.467 e. The van der Waals surface area contributed by atoms with E-state index in [0.29, 0.717) is 10.9 Å². The maximum Gasteiger partial charge on any atom is 0.328 e. The van der Waals surface area contributed by atoms with Crippen LogP contribution in [0.2, 0.25) is 0 Å². The van der Waals surface area contributed by atoms with Gasteiger partial charge in [-0.3, -0.25) is 9.59 Å². The second-order valence-corrected chi connectivity index (χ2v) is 6.31. The molecule has 0 aliphatic rings. The number of esters is 1. The smallest absolute Gasteiger partial charge is 0.328 e. The molecule has 0 rings (SSSR count). The number of hydrogen-bond acceptors (Lipinski definition) is 4. The van der Waals surface area contributed by atoms with E-state index in [2.05, 4.69) is 37.9 Å². The summed E-state index contributed by atoms with van der Waals surface area (Å²) in [6.45, 7) is 8.88. The molecular formula is C14H23BrN2O4. The number of rotatable bonds is 8. The molecule has 21 heavy (non-hydrogen) atoms. The van der Waals surface area contributed by atoms with Crippen molar-refractivity contribution in [1.82, 2.24) is 10.6 Å². The molecule has 0 heterocycles. The van der Waals surface area contributed by atoms with Crippen LogP contribution in [0, 0.1) is 5.92 Å². The molecule has 0 aromatic heterocycles. The van der Waals surface area contributed by atoms with Crippen molar-refractivity contribution in [2.75, 3.05) is 7.11 Å². The molecule has 2 amide bonds. The van der Waals surface area contributed by atoms with E-state index in [-0.39, 0.29) is 18.2 Å². The Labute approximate surface area is 133 Å². The lowest BCUT2D eigenvalue weighted by Crippen LogP contribution is -2.51. The Balaban J connectivity index is 4.91. The highest BCUT2D eigenvalue weighted by Crippen LogP contribution is 2.12. The van der Waals surface area contributed by atoms with Gasteiger partial charge in [0.1, 0.15) is 12.1 Å². The van der Waals surface area contributed by atoms with Crippen LogP contribution in [0.15, 0.2) is 11.1 Å². The van der Waals surface area contributed by atoms with Gasteiger partial charge >= 0.3 is 5.97 Å². The highest BCUT2D eigenvalue weighted by Gasteiger charge is 2.27. The summed E-state index contributed by atoms with van der Waals surface area (Å²) in [5, 5.41) is 5.18. The largest absolute Gasteiger partial charge is 0.467 e. The molecule has 0 aromatic rings. The van der Waals surface area contributed by atoms with Gasteiger partial charge in [-0.25, -0.2) is 4.79 Å². The van der Waals surface area contributed by atoms with Gasteiger partial charge in [0, 0.05) is 13.3 Å². The van der Waals surface area contributed by atoms with Crippen molar-refractivity contribution < 1.29 is 19.1 Å². The number of amides is 2. The van der Waals surface area contributed by atoms with Crippen molar-refractivity contribution in [1.29, 1.82) is 0 Å². The van der Waals surface area contributed by atoms with E-state index in [9.17, 15) is 14.4 Å². The Morgan fingerprint density at radius 1 is 1.19 bits per heavy atom. The Hall–Kier alpha value is -1.37. The molecular weight excluding hydrogens is 340 g/mol. The van der Waals surface area contributed by atoms with Gasteiger partial charge in [-0.2, -0.15) is 0 Å². The maximum absolute atomic E-state index is 12.2. The van der Waals surface area contributed by atoms with Crippen LogP contribution in [0.5, 0.6) is 0 Å². The molecule has 0 aromatic carbocycles. The second kappa shape index (κ2) is 9.55. The van der Waals surface area contributed by atoms with Crippen molar-refractivity contribution in [2.45, 2.75) is 45.7 Å². The van der Waals surface area contributed by atoms with Crippen molar-refractivity contribution in [3.63, 3.8) is 0 Å². The van der Waals surface area contributed by atoms with Crippen molar-refractivity contribution >= 4 is 33.7 Å². The zero-order valence-electron chi connectivity index (χ0n) is 12.9. The molecule has 0 aliphatic heterocycles. The van der Waals surface area contributed by atoms with Gasteiger partial charge < -0.3 is 15.4 Å². The number of carbonyl (C=O) groups excluding carboxylic acids is 3. The first-order valence-electron chi connectivity index (χ1n) is 6.65. The molecule has 7 heteroatoms. The molecule has 2 N–H and O–H groups in total. The predicted octanol–water partition coefficient (Wildman–Crippen LogP) is 1.49. The fourth-order valence-electron chi connectivity index (χ4n) is 1.78. The van der Waals surface area contributed by atoms with Crippen LogP contribution in [0.1, 0.15) is 33.6 Å². The predicted molar refractivity (Wildman–Crippen MR) is 83.7 cm³/mol. The van der Waals surface area contributed by atoms with E-state index in [1.165, 1.54) is 14.0 Å². The average molecular weight is 363 g/mol. The zero-order valence-corrected chi connectivity index (χ0v) is 14.5. The SMILES string of the molecule is C=C(Br)C[C@H](NC(=O)[C@H](CC(C)C)NC(C)=O)C(=O)OC. The van der Waals surface area contributed by atoms with Gasteiger partial charge in [-0.15, -0.1) is 0 Å². The number of ether oxygens (including phenoxy) is 1. The average Bonchev–Trinajstić information content (AvgIpc) is 2.34. The Morgan fingerprint density at radius 2 is 1.76 bits per heavy atom. The van der Waals surface area contributed by atoms with E-state index in [0.717, 1.165) is 0 Å². The minimum atomic E-state index is -0.835. The highest BCUT2D eigenvalue weighted by molar-refractivity contribution is 9.11. The Morgan fingerprint density at radius 3 is 2.14 bits per heavy atom. The molecule has 0 bridgehead atoms. The van der Waals surface area contributed by atoms with E-state index in [1.807, 2.05) is 13.8 Å². The molecule has 0 radical (unpaired) electrons. The molecule has 0 fully saturated rings. The molecule has 6 nitrogen and oxygen atoms in total. The number of halogens is 1. The first-order chi connectivity index (χ1) is 9.67. The topological polar surface area (TPSA) is 84.5 Å². The Kier molecular flexibility index (Phi) is 8.92. The van der Waals surface area contributed by atoms with E-state index in [1.54, 1.807) is 0 Å². The van der Waals surface area contributed by atoms with Crippen molar-refractivity contribution in [3.8, 4) is 0 Å². The molecule has 120 valence electrons. The fraction of sp³-hybridized carbons (Fsp3) is 0.643. The van der Waals surface area contributed by atoms with Crippen LogP contribution >= 0.6 is 15.9 Å². The van der Waals surface area contributed by atoms with Crippen molar-refractivity contribution in [2.24, 2.45) is 5.92 Å². The third-order valence-electron chi connectivity index (χ3n) is 2.63. The van der Waals surface area contributed by atoms with Crippen LogP contribution in [0.4, 0.5) is 0 Å².